The van der Waals surface area contributed by atoms with Crippen LogP contribution in [0.3, 0.4) is 0 Å². The molecular formula is C29H44N8O4. The van der Waals surface area contributed by atoms with Crippen LogP contribution in [0.25, 0.3) is 0 Å². The summed E-state index contributed by atoms with van der Waals surface area (Å²) in [5.74, 6) is 0. The molecule has 2 aromatic carbocycles. The van der Waals surface area contributed by atoms with Gasteiger partial charge in [0.25, 0.3) is 11.4 Å². The van der Waals surface area contributed by atoms with Crippen molar-refractivity contribution < 1.29 is 9.85 Å². The molecule has 0 spiro atoms. The molecule has 0 amide bonds. The zero-order chi connectivity index (χ0) is 29.2. The fraction of sp³-hybridized carbons (Fsp3) is 0.586. The van der Waals surface area contributed by atoms with E-state index >= 15 is 0 Å². The van der Waals surface area contributed by atoms with E-state index in [0.717, 1.165) is 114 Å². The molecule has 0 unspecified atom stereocenters. The summed E-state index contributed by atoms with van der Waals surface area (Å²) < 4.78 is 0. The highest BCUT2D eigenvalue weighted by Crippen LogP contribution is 2.22. The maximum absolute atomic E-state index is 10.9. The number of aryl methyl sites for hydroxylation is 2. The monoisotopic (exact) mass is 568 g/mol. The van der Waals surface area contributed by atoms with Crippen molar-refractivity contribution in [3.8, 4) is 0 Å². The van der Waals surface area contributed by atoms with Crippen LogP contribution >= 0.6 is 0 Å². The summed E-state index contributed by atoms with van der Waals surface area (Å²) in [6, 6.07) is 9.94. The maximum atomic E-state index is 10.9. The largest absolute Gasteiger partial charge is 0.385 e. The second-order valence-electron chi connectivity index (χ2n) is 11.2. The standard InChI is InChI=1S/C29H44N8O4/c1-24-20-26(36(38)39)6-8-28(24)30-10-3-12-32-16-18-34(22-32)14-5-15-35-19-17-33(23-35)13-4-11-31-29-9-7-27(37(40)41)21-25(29)2/h6-9,20-21,30-31H,3-5,10-19,22-23H2,1-2H3. The van der Waals surface area contributed by atoms with Gasteiger partial charge in [-0.25, -0.2) is 0 Å². The highest BCUT2D eigenvalue weighted by Gasteiger charge is 2.22. The fourth-order valence-electron chi connectivity index (χ4n) is 5.63. The molecule has 0 aliphatic carbocycles. The molecule has 41 heavy (non-hydrogen) atoms. The van der Waals surface area contributed by atoms with E-state index in [1.807, 2.05) is 13.8 Å². The quantitative estimate of drug-likeness (QED) is 0.175. The lowest BCUT2D eigenvalue weighted by molar-refractivity contribution is -0.385. The first-order valence-corrected chi connectivity index (χ1v) is 14.7. The predicted octanol–water partition coefficient (Wildman–Crippen LogP) is 3.96. The summed E-state index contributed by atoms with van der Waals surface area (Å²) in [7, 11) is 0. The Bertz CT molecular complexity index is 1090. The van der Waals surface area contributed by atoms with Crippen molar-refractivity contribution in [3.05, 3.63) is 67.8 Å². The van der Waals surface area contributed by atoms with Gasteiger partial charge in [0.1, 0.15) is 0 Å². The molecule has 2 aromatic rings. The van der Waals surface area contributed by atoms with Gasteiger partial charge in [0.2, 0.25) is 0 Å². The SMILES string of the molecule is Cc1cc([N+](=O)[O-])ccc1NCCCN1CCN(CCCN2CCN(CCCNc3ccc([N+](=O)[O-])cc3C)C2)C1. The third-order valence-electron chi connectivity index (χ3n) is 7.99. The van der Waals surface area contributed by atoms with Crippen LogP contribution in [0.15, 0.2) is 36.4 Å². The second kappa shape index (κ2) is 15.1. The fourth-order valence-corrected chi connectivity index (χ4v) is 5.63. The zero-order valence-corrected chi connectivity index (χ0v) is 24.4. The lowest BCUT2D eigenvalue weighted by Gasteiger charge is -2.21. The van der Waals surface area contributed by atoms with Crippen LogP contribution in [0.4, 0.5) is 22.7 Å². The molecule has 0 saturated carbocycles. The van der Waals surface area contributed by atoms with Crippen LogP contribution in [0.5, 0.6) is 0 Å². The minimum Gasteiger partial charge on any atom is -0.385 e. The number of benzene rings is 2. The van der Waals surface area contributed by atoms with Crippen molar-refractivity contribution in [1.82, 2.24) is 19.6 Å². The average molecular weight is 569 g/mol. The molecule has 2 heterocycles. The number of rotatable bonds is 16. The minimum atomic E-state index is -0.356. The molecule has 2 aliphatic rings. The second-order valence-corrected chi connectivity index (χ2v) is 11.2. The maximum Gasteiger partial charge on any atom is 0.269 e. The van der Waals surface area contributed by atoms with Crippen LogP contribution in [-0.2, 0) is 0 Å². The highest BCUT2D eigenvalue weighted by atomic mass is 16.6. The molecule has 0 atom stereocenters. The van der Waals surface area contributed by atoms with Crippen LogP contribution < -0.4 is 10.6 Å². The van der Waals surface area contributed by atoms with E-state index < -0.39 is 0 Å². The van der Waals surface area contributed by atoms with Gasteiger partial charge >= 0.3 is 0 Å². The van der Waals surface area contributed by atoms with Crippen LogP contribution in [0, 0.1) is 34.1 Å². The van der Waals surface area contributed by atoms with Crippen molar-refractivity contribution in [2.75, 3.05) is 89.4 Å². The van der Waals surface area contributed by atoms with E-state index in [0.29, 0.717) is 0 Å². The van der Waals surface area contributed by atoms with Crippen molar-refractivity contribution in [2.24, 2.45) is 0 Å². The molecule has 0 radical (unpaired) electrons. The average Bonchev–Trinajstić information content (AvgIpc) is 3.59. The normalized spacial score (nSPS) is 16.8. The lowest BCUT2D eigenvalue weighted by atomic mass is 10.2. The van der Waals surface area contributed by atoms with Crippen LogP contribution in [0.1, 0.15) is 30.4 Å². The van der Waals surface area contributed by atoms with Gasteiger partial charge < -0.3 is 10.6 Å². The number of non-ortho nitro benzene ring substituents is 2. The molecule has 2 saturated heterocycles. The third-order valence-corrected chi connectivity index (χ3v) is 7.99. The van der Waals surface area contributed by atoms with E-state index in [1.54, 1.807) is 36.4 Å². The van der Waals surface area contributed by atoms with Crippen molar-refractivity contribution in [3.63, 3.8) is 0 Å². The molecule has 12 heteroatoms. The minimum absolute atomic E-state index is 0.133. The number of anilines is 2. The number of hydrogen-bond acceptors (Lipinski definition) is 10. The summed E-state index contributed by atoms with van der Waals surface area (Å²) >= 11 is 0. The van der Waals surface area contributed by atoms with Gasteiger partial charge in [0, 0.05) is 101 Å². The Morgan fingerprint density at radius 2 is 1.00 bits per heavy atom. The lowest BCUT2D eigenvalue weighted by Crippen LogP contribution is -2.31. The van der Waals surface area contributed by atoms with Crippen molar-refractivity contribution in [2.45, 2.75) is 33.1 Å². The molecule has 224 valence electrons. The molecular weight excluding hydrogens is 524 g/mol. The number of nitro benzene ring substituents is 2. The van der Waals surface area contributed by atoms with E-state index in [4.69, 9.17) is 0 Å². The number of nitro groups is 2. The Hall–Kier alpha value is -3.32. The molecule has 0 aromatic heterocycles. The van der Waals surface area contributed by atoms with Gasteiger partial charge in [-0.05, 0) is 56.4 Å². The van der Waals surface area contributed by atoms with Crippen molar-refractivity contribution in [1.29, 1.82) is 0 Å². The number of nitrogens with one attached hydrogen (secondary N) is 2. The summed E-state index contributed by atoms with van der Waals surface area (Å²) in [6.45, 7) is 16.4. The molecule has 4 rings (SSSR count). The summed E-state index contributed by atoms with van der Waals surface area (Å²) in [5.41, 5.74) is 4.00. The molecule has 0 bridgehead atoms. The van der Waals surface area contributed by atoms with Gasteiger partial charge in [-0.15, -0.1) is 0 Å². The summed E-state index contributed by atoms with van der Waals surface area (Å²) in [5, 5.41) is 28.7. The summed E-state index contributed by atoms with van der Waals surface area (Å²) in [6.07, 6.45) is 3.26. The Balaban J connectivity index is 1.02. The smallest absolute Gasteiger partial charge is 0.269 e. The van der Waals surface area contributed by atoms with Gasteiger partial charge in [-0.2, -0.15) is 0 Å². The molecule has 2 fully saturated rings. The van der Waals surface area contributed by atoms with E-state index in [2.05, 4.69) is 30.2 Å². The molecule has 2 aliphatic heterocycles. The topological polar surface area (TPSA) is 123 Å². The zero-order valence-electron chi connectivity index (χ0n) is 24.4. The van der Waals surface area contributed by atoms with Crippen LogP contribution in [0.2, 0.25) is 0 Å². The van der Waals surface area contributed by atoms with E-state index in [9.17, 15) is 20.2 Å². The number of nitrogens with zero attached hydrogens (tertiary/aromatic N) is 6. The first-order chi connectivity index (χ1) is 19.8. The highest BCUT2D eigenvalue weighted by molar-refractivity contribution is 5.56. The first kappa shape index (κ1) is 30.6. The Morgan fingerprint density at radius 3 is 1.34 bits per heavy atom. The Kier molecular flexibility index (Phi) is 11.3. The van der Waals surface area contributed by atoms with Crippen LogP contribution in [-0.4, -0.2) is 108 Å². The molecule has 2 N–H and O–H groups in total. The predicted molar refractivity (Wildman–Crippen MR) is 163 cm³/mol. The Morgan fingerprint density at radius 1 is 0.634 bits per heavy atom. The summed E-state index contributed by atoms with van der Waals surface area (Å²) in [4.78, 5) is 31.2. The number of hydrogen-bond donors (Lipinski definition) is 2. The van der Waals surface area contributed by atoms with Crippen molar-refractivity contribution >= 4 is 22.7 Å². The van der Waals surface area contributed by atoms with E-state index in [-0.39, 0.29) is 21.2 Å². The third kappa shape index (κ3) is 9.35. The molecule has 12 nitrogen and oxygen atoms in total. The van der Waals surface area contributed by atoms with Gasteiger partial charge in [-0.3, -0.25) is 39.8 Å². The first-order valence-electron chi connectivity index (χ1n) is 14.7. The Labute approximate surface area is 242 Å². The van der Waals surface area contributed by atoms with E-state index in [1.165, 1.54) is 6.42 Å². The van der Waals surface area contributed by atoms with Gasteiger partial charge in [-0.1, -0.05) is 0 Å². The van der Waals surface area contributed by atoms with Gasteiger partial charge in [0.05, 0.1) is 23.2 Å². The van der Waals surface area contributed by atoms with Gasteiger partial charge in [0.15, 0.2) is 0 Å².